The number of hydrogen-bond donors (Lipinski definition) is 2. The molecule has 110 valence electrons. The average Bonchev–Trinajstić information content (AvgIpc) is 2.48. The van der Waals surface area contributed by atoms with Crippen molar-refractivity contribution in [2.75, 3.05) is 24.3 Å². The van der Waals surface area contributed by atoms with Crippen LogP contribution in [0.4, 0.5) is 15.9 Å². The van der Waals surface area contributed by atoms with Crippen molar-refractivity contribution in [3.63, 3.8) is 0 Å². The van der Waals surface area contributed by atoms with E-state index in [1.165, 1.54) is 31.6 Å². The van der Waals surface area contributed by atoms with E-state index >= 15 is 0 Å². The van der Waals surface area contributed by atoms with E-state index in [0.29, 0.717) is 18.1 Å². The minimum absolute atomic E-state index is 0.113. The summed E-state index contributed by atoms with van der Waals surface area (Å²) in [5.74, 6) is -0.400. The Balaban J connectivity index is 2.14. The lowest BCUT2D eigenvalue weighted by Crippen LogP contribution is -2.15. The SMILES string of the molecule is CCNc1cncc(C(=O)Nc2ccc(OC)c(F)c2)n1. The first kappa shape index (κ1) is 14.7. The highest BCUT2D eigenvalue weighted by atomic mass is 19.1. The lowest BCUT2D eigenvalue weighted by atomic mass is 10.2. The average molecular weight is 290 g/mol. The first-order valence-electron chi connectivity index (χ1n) is 6.35. The molecule has 0 unspecified atom stereocenters. The number of halogens is 1. The maximum Gasteiger partial charge on any atom is 0.275 e. The van der Waals surface area contributed by atoms with Crippen LogP contribution >= 0.6 is 0 Å². The Morgan fingerprint density at radius 2 is 2.19 bits per heavy atom. The number of hydrogen-bond acceptors (Lipinski definition) is 5. The molecule has 6 nitrogen and oxygen atoms in total. The number of anilines is 2. The number of nitrogens with one attached hydrogen (secondary N) is 2. The van der Waals surface area contributed by atoms with Gasteiger partial charge < -0.3 is 15.4 Å². The predicted octanol–water partition coefficient (Wildman–Crippen LogP) is 2.31. The standard InChI is InChI=1S/C14H15FN4O2/c1-3-17-13-8-16-7-11(19-13)14(20)18-9-4-5-12(21-2)10(15)6-9/h4-8H,3H2,1-2H3,(H,17,19)(H,18,20). The lowest BCUT2D eigenvalue weighted by Gasteiger charge is -2.08. The monoisotopic (exact) mass is 290 g/mol. The molecule has 1 amide bonds. The van der Waals surface area contributed by atoms with Gasteiger partial charge in [0.2, 0.25) is 0 Å². The molecule has 0 radical (unpaired) electrons. The molecule has 0 saturated heterocycles. The third-order valence-corrected chi connectivity index (χ3v) is 2.63. The first-order valence-corrected chi connectivity index (χ1v) is 6.35. The van der Waals surface area contributed by atoms with Crippen molar-refractivity contribution < 1.29 is 13.9 Å². The zero-order valence-electron chi connectivity index (χ0n) is 11.7. The summed E-state index contributed by atoms with van der Waals surface area (Å²) in [4.78, 5) is 20.1. The fraction of sp³-hybridized carbons (Fsp3) is 0.214. The minimum atomic E-state index is -0.553. The highest BCUT2D eigenvalue weighted by molar-refractivity contribution is 6.02. The Kier molecular flexibility index (Phi) is 4.65. The van der Waals surface area contributed by atoms with Gasteiger partial charge in [0.1, 0.15) is 11.5 Å². The van der Waals surface area contributed by atoms with Gasteiger partial charge in [-0.25, -0.2) is 9.37 Å². The zero-order chi connectivity index (χ0) is 15.2. The van der Waals surface area contributed by atoms with Gasteiger partial charge in [0, 0.05) is 18.3 Å². The van der Waals surface area contributed by atoms with Gasteiger partial charge in [-0.2, -0.15) is 0 Å². The topological polar surface area (TPSA) is 76.1 Å². The van der Waals surface area contributed by atoms with E-state index in [0.717, 1.165) is 0 Å². The number of methoxy groups -OCH3 is 1. The van der Waals surface area contributed by atoms with E-state index < -0.39 is 11.7 Å². The van der Waals surface area contributed by atoms with Crippen molar-refractivity contribution >= 4 is 17.4 Å². The van der Waals surface area contributed by atoms with E-state index in [-0.39, 0.29) is 11.4 Å². The van der Waals surface area contributed by atoms with E-state index in [1.807, 2.05) is 6.92 Å². The van der Waals surface area contributed by atoms with Crippen molar-refractivity contribution in [2.24, 2.45) is 0 Å². The maximum absolute atomic E-state index is 13.6. The van der Waals surface area contributed by atoms with Crippen LogP contribution in [0.15, 0.2) is 30.6 Å². The van der Waals surface area contributed by atoms with E-state index in [9.17, 15) is 9.18 Å². The molecule has 2 N–H and O–H groups in total. The van der Waals surface area contributed by atoms with Crippen LogP contribution in [0.2, 0.25) is 0 Å². The Labute approximate surface area is 121 Å². The highest BCUT2D eigenvalue weighted by Gasteiger charge is 2.11. The summed E-state index contributed by atoms with van der Waals surface area (Å²) in [6, 6.07) is 4.16. The fourth-order valence-corrected chi connectivity index (χ4v) is 1.68. The summed E-state index contributed by atoms with van der Waals surface area (Å²) in [5.41, 5.74) is 0.457. The van der Waals surface area contributed by atoms with Crippen LogP contribution in [0.3, 0.4) is 0 Å². The zero-order valence-corrected chi connectivity index (χ0v) is 11.7. The van der Waals surface area contributed by atoms with Crippen molar-refractivity contribution in [1.29, 1.82) is 0 Å². The van der Waals surface area contributed by atoms with Crippen LogP contribution in [0, 0.1) is 5.82 Å². The maximum atomic E-state index is 13.6. The second-order valence-corrected chi connectivity index (χ2v) is 4.12. The molecule has 1 heterocycles. The van der Waals surface area contributed by atoms with Crippen LogP contribution in [0.25, 0.3) is 0 Å². The Hall–Kier alpha value is -2.70. The smallest absolute Gasteiger partial charge is 0.275 e. The number of ether oxygens (including phenoxy) is 1. The Morgan fingerprint density at radius 1 is 1.38 bits per heavy atom. The second-order valence-electron chi connectivity index (χ2n) is 4.12. The van der Waals surface area contributed by atoms with Gasteiger partial charge in [-0.05, 0) is 19.1 Å². The highest BCUT2D eigenvalue weighted by Crippen LogP contribution is 2.20. The third kappa shape index (κ3) is 3.65. The van der Waals surface area contributed by atoms with E-state index in [4.69, 9.17) is 4.74 Å². The molecule has 0 fully saturated rings. The fourth-order valence-electron chi connectivity index (χ4n) is 1.68. The summed E-state index contributed by atoms with van der Waals surface area (Å²) in [6.07, 6.45) is 2.86. The molecule has 2 rings (SSSR count). The Morgan fingerprint density at radius 3 is 2.86 bits per heavy atom. The van der Waals surface area contributed by atoms with Crippen LogP contribution in [-0.2, 0) is 0 Å². The number of benzene rings is 1. The third-order valence-electron chi connectivity index (χ3n) is 2.63. The van der Waals surface area contributed by atoms with Gasteiger partial charge in [-0.3, -0.25) is 9.78 Å². The minimum Gasteiger partial charge on any atom is -0.494 e. The molecule has 21 heavy (non-hydrogen) atoms. The van der Waals surface area contributed by atoms with Gasteiger partial charge >= 0.3 is 0 Å². The van der Waals surface area contributed by atoms with Crippen molar-refractivity contribution in [3.8, 4) is 5.75 Å². The normalized spacial score (nSPS) is 10.0. The largest absolute Gasteiger partial charge is 0.494 e. The molecule has 0 saturated carbocycles. The Bertz CT molecular complexity index is 649. The number of aromatic nitrogens is 2. The molecule has 0 aliphatic carbocycles. The number of carbonyl (C=O) groups is 1. The van der Waals surface area contributed by atoms with Gasteiger partial charge in [0.15, 0.2) is 11.6 Å². The quantitative estimate of drug-likeness (QED) is 0.883. The van der Waals surface area contributed by atoms with Gasteiger partial charge in [-0.1, -0.05) is 0 Å². The molecule has 0 atom stereocenters. The molecule has 7 heteroatoms. The molecule has 0 bridgehead atoms. The lowest BCUT2D eigenvalue weighted by molar-refractivity contribution is 0.102. The second kappa shape index (κ2) is 6.65. The molecule has 1 aromatic carbocycles. The molecule has 0 aliphatic rings. The van der Waals surface area contributed by atoms with Gasteiger partial charge in [-0.15, -0.1) is 0 Å². The summed E-state index contributed by atoms with van der Waals surface area (Å²) in [7, 11) is 1.37. The van der Waals surface area contributed by atoms with Crippen LogP contribution in [-0.4, -0.2) is 29.5 Å². The number of rotatable bonds is 5. The number of carbonyl (C=O) groups excluding carboxylic acids is 1. The molecule has 2 aromatic rings. The molecular weight excluding hydrogens is 275 g/mol. The molecular formula is C14H15FN4O2. The van der Waals surface area contributed by atoms with Crippen molar-refractivity contribution in [1.82, 2.24) is 9.97 Å². The first-order chi connectivity index (χ1) is 10.1. The van der Waals surface area contributed by atoms with E-state index in [1.54, 1.807) is 6.07 Å². The predicted molar refractivity (Wildman–Crippen MR) is 77.1 cm³/mol. The number of amides is 1. The van der Waals surface area contributed by atoms with Gasteiger partial charge in [0.05, 0.1) is 19.5 Å². The van der Waals surface area contributed by atoms with Crippen LogP contribution in [0.5, 0.6) is 5.75 Å². The van der Waals surface area contributed by atoms with Crippen molar-refractivity contribution in [3.05, 3.63) is 42.1 Å². The van der Waals surface area contributed by atoms with Crippen molar-refractivity contribution in [2.45, 2.75) is 6.92 Å². The summed E-state index contributed by atoms with van der Waals surface area (Å²) < 4.78 is 18.4. The summed E-state index contributed by atoms with van der Waals surface area (Å²) in [6.45, 7) is 2.58. The molecule has 1 aromatic heterocycles. The summed E-state index contributed by atoms with van der Waals surface area (Å²) in [5, 5.41) is 5.52. The van der Waals surface area contributed by atoms with Crippen LogP contribution < -0.4 is 15.4 Å². The van der Waals surface area contributed by atoms with E-state index in [2.05, 4.69) is 20.6 Å². The van der Waals surface area contributed by atoms with Gasteiger partial charge in [0.25, 0.3) is 5.91 Å². The van der Waals surface area contributed by atoms with Crippen LogP contribution in [0.1, 0.15) is 17.4 Å². The summed E-state index contributed by atoms with van der Waals surface area (Å²) >= 11 is 0. The molecule has 0 aliphatic heterocycles. The number of nitrogens with zero attached hydrogens (tertiary/aromatic N) is 2. The molecule has 0 spiro atoms.